The Morgan fingerprint density at radius 2 is 2.21 bits per heavy atom. The molecule has 2 aliphatic heterocycles. The number of fused-ring (bicyclic) bond motifs is 2. The van der Waals surface area contributed by atoms with Gasteiger partial charge in [0.1, 0.15) is 11.8 Å². The van der Waals surface area contributed by atoms with Gasteiger partial charge in [0.05, 0.1) is 24.3 Å². The van der Waals surface area contributed by atoms with Gasteiger partial charge in [0.2, 0.25) is 5.12 Å². The zero-order chi connectivity index (χ0) is 13.6. The summed E-state index contributed by atoms with van der Waals surface area (Å²) in [6.07, 6.45) is 0. The summed E-state index contributed by atoms with van der Waals surface area (Å²) >= 11 is 1.04. The van der Waals surface area contributed by atoms with Crippen LogP contribution in [0.15, 0.2) is 23.1 Å². The van der Waals surface area contributed by atoms with Crippen molar-refractivity contribution in [2.75, 3.05) is 18.7 Å². The van der Waals surface area contributed by atoms with E-state index in [4.69, 9.17) is 4.74 Å². The molecular weight excluding hydrogens is 286 g/mol. The number of methoxy groups -OCH3 is 1. The van der Waals surface area contributed by atoms with Crippen LogP contribution < -0.4 is 4.74 Å². The van der Waals surface area contributed by atoms with Crippen LogP contribution in [0.3, 0.4) is 0 Å². The van der Waals surface area contributed by atoms with E-state index < -0.39 is 16.8 Å². The molecule has 5 nitrogen and oxygen atoms in total. The van der Waals surface area contributed by atoms with Crippen LogP contribution in [-0.2, 0) is 15.6 Å². The van der Waals surface area contributed by atoms with Crippen LogP contribution >= 0.6 is 11.8 Å². The van der Waals surface area contributed by atoms with Crippen molar-refractivity contribution in [2.24, 2.45) is 0 Å². The zero-order valence-corrected chi connectivity index (χ0v) is 11.8. The van der Waals surface area contributed by atoms with Gasteiger partial charge in [-0.15, -0.1) is 0 Å². The van der Waals surface area contributed by atoms with E-state index in [1.54, 1.807) is 18.2 Å². The molecule has 0 saturated carbocycles. The van der Waals surface area contributed by atoms with Crippen LogP contribution in [0.5, 0.6) is 5.75 Å². The third kappa shape index (κ3) is 2.06. The molecule has 1 amide bonds. The molecule has 1 fully saturated rings. The lowest BCUT2D eigenvalue weighted by atomic mass is 10.1. The van der Waals surface area contributed by atoms with E-state index in [9.17, 15) is 13.8 Å². The van der Waals surface area contributed by atoms with Crippen molar-refractivity contribution in [3.8, 4) is 5.75 Å². The summed E-state index contributed by atoms with van der Waals surface area (Å²) in [6.45, 7) is 0. The molecule has 1 saturated heterocycles. The Kier molecular flexibility index (Phi) is 3.10. The number of hydrogen-bond donors (Lipinski definition) is 0. The predicted octanol–water partition coefficient (Wildman–Crippen LogP) is 0.858. The molecule has 100 valence electrons. The number of nitrogens with zero attached hydrogens (tertiary/aromatic N) is 1. The van der Waals surface area contributed by atoms with Crippen LogP contribution in [0, 0.1) is 0 Å². The first-order valence-electron chi connectivity index (χ1n) is 5.66. The largest absolute Gasteiger partial charge is 0.497 e. The van der Waals surface area contributed by atoms with Crippen LogP contribution in [-0.4, -0.2) is 44.9 Å². The van der Waals surface area contributed by atoms with Crippen molar-refractivity contribution in [1.82, 2.24) is 4.90 Å². The summed E-state index contributed by atoms with van der Waals surface area (Å²) in [7, 11) is 0.387. The first kappa shape index (κ1) is 12.7. The second-order valence-corrected chi connectivity index (χ2v) is 6.83. The van der Waals surface area contributed by atoms with Crippen molar-refractivity contribution in [1.29, 1.82) is 0 Å². The highest BCUT2D eigenvalue weighted by atomic mass is 32.2. The lowest BCUT2D eigenvalue weighted by Gasteiger charge is -2.18. The second-order valence-electron chi connectivity index (χ2n) is 4.31. The van der Waals surface area contributed by atoms with Crippen LogP contribution in [0.4, 0.5) is 0 Å². The van der Waals surface area contributed by atoms with Gasteiger partial charge in [0, 0.05) is 15.7 Å². The number of hydrogen-bond acceptors (Lipinski definition) is 5. The van der Waals surface area contributed by atoms with E-state index in [1.165, 1.54) is 12.0 Å². The van der Waals surface area contributed by atoms with Crippen molar-refractivity contribution in [2.45, 2.75) is 10.9 Å². The maximum absolute atomic E-state index is 12.4. The molecule has 2 atom stereocenters. The van der Waals surface area contributed by atoms with Gasteiger partial charge in [-0.3, -0.25) is 13.8 Å². The normalized spacial score (nSPS) is 25.8. The topological polar surface area (TPSA) is 63.7 Å². The minimum Gasteiger partial charge on any atom is -0.497 e. The molecule has 1 aromatic carbocycles. The number of carbonyl (C=O) groups excluding carboxylic acids is 2. The molecule has 2 aliphatic rings. The molecule has 0 spiro atoms. The minimum absolute atomic E-state index is 0.122. The molecule has 3 rings (SSSR count). The van der Waals surface area contributed by atoms with E-state index in [2.05, 4.69) is 0 Å². The lowest BCUT2D eigenvalue weighted by Crippen LogP contribution is -2.39. The molecule has 1 aromatic rings. The molecule has 0 radical (unpaired) electrons. The van der Waals surface area contributed by atoms with Crippen molar-refractivity contribution >= 4 is 33.6 Å². The summed E-state index contributed by atoms with van der Waals surface area (Å²) in [5, 5.41) is -0.122. The van der Waals surface area contributed by atoms with E-state index in [0.29, 0.717) is 16.2 Å². The molecule has 0 bridgehead atoms. The Morgan fingerprint density at radius 3 is 2.95 bits per heavy atom. The molecule has 0 aromatic heterocycles. The lowest BCUT2D eigenvalue weighted by molar-refractivity contribution is -0.113. The first-order valence-corrected chi connectivity index (χ1v) is 7.96. The fourth-order valence-corrected chi connectivity index (χ4v) is 4.64. The average molecular weight is 297 g/mol. The van der Waals surface area contributed by atoms with Gasteiger partial charge in [-0.1, -0.05) is 0 Å². The van der Waals surface area contributed by atoms with Crippen LogP contribution in [0.2, 0.25) is 0 Å². The summed E-state index contributed by atoms with van der Waals surface area (Å²) in [5.41, 5.74) is 0.444. The minimum atomic E-state index is -1.14. The van der Waals surface area contributed by atoms with Gasteiger partial charge in [0.25, 0.3) is 5.91 Å². The number of carbonyl (C=O) groups is 2. The Bertz CT molecular complexity index is 601. The predicted molar refractivity (Wildman–Crippen MR) is 71.7 cm³/mol. The maximum atomic E-state index is 12.4. The van der Waals surface area contributed by atoms with Gasteiger partial charge < -0.3 is 9.64 Å². The van der Waals surface area contributed by atoms with E-state index in [0.717, 1.165) is 11.8 Å². The Labute approximate surface area is 116 Å². The quantitative estimate of drug-likeness (QED) is 0.769. The first-order chi connectivity index (χ1) is 9.10. The van der Waals surface area contributed by atoms with E-state index in [-0.39, 0.29) is 22.7 Å². The molecular formula is C12H11NO4S2. The molecule has 2 heterocycles. The fourth-order valence-electron chi connectivity index (χ4n) is 2.18. The summed E-state index contributed by atoms with van der Waals surface area (Å²) in [4.78, 5) is 26.6. The third-order valence-corrected chi connectivity index (χ3v) is 5.47. The molecule has 0 N–H and O–H groups in total. The molecule has 0 aliphatic carbocycles. The molecule has 7 heteroatoms. The van der Waals surface area contributed by atoms with E-state index >= 15 is 0 Å². The van der Waals surface area contributed by atoms with Gasteiger partial charge in [-0.2, -0.15) is 0 Å². The highest BCUT2D eigenvalue weighted by Gasteiger charge is 2.42. The Hall–Kier alpha value is -1.34. The number of ether oxygens (including phenoxy) is 1. The van der Waals surface area contributed by atoms with Gasteiger partial charge in [-0.25, -0.2) is 0 Å². The zero-order valence-electron chi connectivity index (χ0n) is 10.1. The molecule has 19 heavy (non-hydrogen) atoms. The van der Waals surface area contributed by atoms with Gasteiger partial charge >= 0.3 is 0 Å². The van der Waals surface area contributed by atoms with Crippen molar-refractivity contribution < 1.29 is 18.5 Å². The summed E-state index contributed by atoms with van der Waals surface area (Å²) < 4.78 is 16.7. The Balaban J connectivity index is 2.09. The summed E-state index contributed by atoms with van der Waals surface area (Å²) in [6, 6.07) is 4.49. The molecule has 1 unspecified atom stereocenters. The maximum Gasteiger partial charge on any atom is 0.256 e. The number of thioether (sulfide) groups is 1. The smallest absolute Gasteiger partial charge is 0.256 e. The monoisotopic (exact) mass is 297 g/mol. The average Bonchev–Trinajstić information content (AvgIpc) is 2.76. The number of amides is 1. The van der Waals surface area contributed by atoms with Crippen molar-refractivity contribution in [3.63, 3.8) is 0 Å². The third-order valence-electron chi connectivity index (χ3n) is 3.16. The number of benzene rings is 1. The highest BCUT2D eigenvalue weighted by Crippen LogP contribution is 2.35. The standard InChI is InChI=1S/C12H11NO4S2/c1-17-7-2-3-10-8(4-7)11(14)13-6-19(16)5-9(13)12(15)18-10/h2-4,9H,5-6H2,1H3/t9-,19?/m1/s1. The van der Waals surface area contributed by atoms with Gasteiger partial charge in [0.15, 0.2) is 0 Å². The number of rotatable bonds is 1. The highest BCUT2D eigenvalue weighted by molar-refractivity contribution is 8.14. The Morgan fingerprint density at radius 1 is 1.42 bits per heavy atom. The second kappa shape index (κ2) is 4.64. The SMILES string of the molecule is COc1ccc2c(c1)C(=O)N1CS(=O)C[C@@H]1C(=O)S2. The van der Waals surface area contributed by atoms with Crippen LogP contribution in [0.1, 0.15) is 10.4 Å². The van der Waals surface area contributed by atoms with Crippen LogP contribution in [0.25, 0.3) is 0 Å². The fraction of sp³-hybridized carbons (Fsp3) is 0.333. The summed E-state index contributed by atoms with van der Waals surface area (Å²) in [5.74, 6) is 0.691. The van der Waals surface area contributed by atoms with Crippen molar-refractivity contribution in [3.05, 3.63) is 23.8 Å². The van der Waals surface area contributed by atoms with E-state index in [1.807, 2.05) is 0 Å². The van der Waals surface area contributed by atoms with Gasteiger partial charge in [-0.05, 0) is 30.0 Å².